The van der Waals surface area contributed by atoms with Crippen molar-refractivity contribution in [2.75, 3.05) is 20.2 Å². The molecule has 6 nitrogen and oxygen atoms in total. The van der Waals surface area contributed by atoms with Gasteiger partial charge in [-0.05, 0) is 32.6 Å². The van der Waals surface area contributed by atoms with Crippen molar-refractivity contribution in [3.63, 3.8) is 0 Å². The van der Waals surface area contributed by atoms with Crippen molar-refractivity contribution in [1.29, 1.82) is 0 Å². The van der Waals surface area contributed by atoms with Gasteiger partial charge in [0.2, 0.25) is 10.0 Å². The van der Waals surface area contributed by atoms with E-state index in [1.54, 1.807) is 0 Å². The van der Waals surface area contributed by atoms with Crippen LogP contribution in [0.1, 0.15) is 26.7 Å². The second-order valence-corrected chi connectivity index (χ2v) is 7.08. The maximum Gasteiger partial charge on any atom is 0.325 e. The third kappa shape index (κ3) is 3.21. The Morgan fingerprint density at radius 1 is 1.44 bits per heavy atom. The summed E-state index contributed by atoms with van der Waals surface area (Å²) in [5.41, 5.74) is 5.82. The summed E-state index contributed by atoms with van der Waals surface area (Å²) in [6.07, 6.45) is 1.70. The lowest BCUT2D eigenvalue weighted by Crippen LogP contribution is -2.49. The molecule has 1 heterocycles. The first-order chi connectivity index (χ1) is 8.30. The Kier molecular flexibility index (Phi) is 5.12. The predicted octanol–water partition coefficient (Wildman–Crippen LogP) is -0.0631. The molecule has 0 aliphatic carbocycles. The second-order valence-electron chi connectivity index (χ2n) is 4.83. The van der Waals surface area contributed by atoms with E-state index >= 15 is 0 Å². The van der Waals surface area contributed by atoms with Gasteiger partial charge in [0.25, 0.3) is 0 Å². The van der Waals surface area contributed by atoms with Crippen LogP contribution in [0, 0.1) is 5.92 Å². The number of esters is 1. The molecule has 1 fully saturated rings. The molecule has 1 saturated heterocycles. The molecular weight excluding hydrogens is 256 g/mol. The summed E-state index contributed by atoms with van der Waals surface area (Å²) in [4.78, 5) is 11.4. The minimum absolute atomic E-state index is 0.0450. The summed E-state index contributed by atoms with van der Waals surface area (Å²) < 4.78 is 30.3. The van der Waals surface area contributed by atoms with Crippen LogP contribution >= 0.6 is 0 Å². The summed E-state index contributed by atoms with van der Waals surface area (Å²) in [7, 11) is -2.45. The van der Waals surface area contributed by atoms with Gasteiger partial charge < -0.3 is 10.5 Å². The monoisotopic (exact) mass is 278 g/mol. The van der Waals surface area contributed by atoms with Crippen LogP contribution < -0.4 is 5.73 Å². The zero-order valence-corrected chi connectivity index (χ0v) is 11.9. The quantitative estimate of drug-likeness (QED) is 0.727. The van der Waals surface area contributed by atoms with Crippen molar-refractivity contribution in [1.82, 2.24) is 4.31 Å². The number of nitrogens with zero attached hydrogens (tertiary/aromatic N) is 1. The highest BCUT2D eigenvalue weighted by Gasteiger charge is 2.37. The average Bonchev–Trinajstić information content (AvgIpc) is 2.36. The fraction of sp³-hybridized carbons (Fsp3) is 0.909. The third-order valence-electron chi connectivity index (χ3n) is 3.50. The van der Waals surface area contributed by atoms with E-state index in [2.05, 4.69) is 4.74 Å². The zero-order valence-electron chi connectivity index (χ0n) is 11.1. The number of piperidine rings is 1. The van der Waals surface area contributed by atoms with Gasteiger partial charge in [-0.25, -0.2) is 12.7 Å². The fourth-order valence-electron chi connectivity index (χ4n) is 2.15. The molecule has 0 saturated carbocycles. The van der Waals surface area contributed by atoms with Gasteiger partial charge in [-0.3, -0.25) is 4.79 Å². The Bertz CT molecular complexity index is 394. The number of ether oxygens (including phenoxy) is 1. The van der Waals surface area contributed by atoms with E-state index < -0.39 is 21.2 Å². The minimum Gasteiger partial charge on any atom is -0.468 e. The lowest BCUT2D eigenvalue weighted by atomic mass is 9.93. The van der Waals surface area contributed by atoms with Crippen molar-refractivity contribution in [2.45, 2.75) is 38.0 Å². The smallest absolute Gasteiger partial charge is 0.325 e. The van der Waals surface area contributed by atoms with E-state index in [0.29, 0.717) is 13.1 Å². The van der Waals surface area contributed by atoms with E-state index in [1.165, 1.54) is 18.3 Å². The number of nitrogens with two attached hydrogens (primary N) is 1. The molecule has 1 rings (SSSR count). The van der Waals surface area contributed by atoms with E-state index in [-0.39, 0.29) is 12.0 Å². The lowest BCUT2D eigenvalue weighted by Gasteiger charge is -2.34. The van der Waals surface area contributed by atoms with Crippen molar-refractivity contribution in [3.05, 3.63) is 0 Å². The number of hydrogen-bond donors (Lipinski definition) is 1. The number of hydrogen-bond acceptors (Lipinski definition) is 5. The standard InChI is InChI=1S/C11H22N2O4S/c1-8(12)10-5-4-6-13(7-10)18(15,16)9(2)11(14)17-3/h8-10H,4-7,12H2,1-3H3. The van der Waals surface area contributed by atoms with Gasteiger partial charge in [0.1, 0.15) is 0 Å². The Labute approximate surface area is 109 Å². The Morgan fingerprint density at radius 3 is 2.56 bits per heavy atom. The van der Waals surface area contributed by atoms with Crippen LogP contribution in [0.4, 0.5) is 0 Å². The molecular formula is C11H22N2O4S. The first-order valence-electron chi connectivity index (χ1n) is 6.13. The maximum atomic E-state index is 12.2. The molecule has 1 aliphatic rings. The lowest BCUT2D eigenvalue weighted by molar-refractivity contribution is -0.139. The van der Waals surface area contributed by atoms with Crippen LogP contribution in [0.15, 0.2) is 0 Å². The minimum atomic E-state index is -3.64. The van der Waals surface area contributed by atoms with E-state index in [0.717, 1.165) is 12.8 Å². The van der Waals surface area contributed by atoms with Gasteiger partial charge in [-0.15, -0.1) is 0 Å². The number of rotatable bonds is 4. The van der Waals surface area contributed by atoms with Gasteiger partial charge in [-0.1, -0.05) is 0 Å². The number of carbonyl (C=O) groups excluding carboxylic acids is 1. The van der Waals surface area contributed by atoms with Gasteiger partial charge in [0.05, 0.1) is 7.11 Å². The fourth-order valence-corrected chi connectivity index (χ4v) is 3.71. The van der Waals surface area contributed by atoms with Crippen LogP contribution in [0.5, 0.6) is 0 Å². The SMILES string of the molecule is COC(=O)C(C)S(=O)(=O)N1CCCC(C(C)N)C1. The second kappa shape index (κ2) is 5.99. The molecule has 0 aromatic carbocycles. The van der Waals surface area contributed by atoms with Crippen LogP contribution in [0.2, 0.25) is 0 Å². The highest BCUT2D eigenvalue weighted by molar-refractivity contribution is 7.90. The summed E-state index contributed by atoms with van der Waals surface area (Å²) in [5.74, 6) is -0.573. The van der Waals surface area contributed by atoms with Crippen LogP contribution in [0.3, 0.4) is 0 Å². The largest absolute Gasteiger partial charge is 0.468 e. The molecule has 7 heteroatoms. The van der Waals surface area contributed by atoms with Crippen molar-refractivity contribution >= 4 is 16.0 Å². The summed E-state index contributed by atoms with van der Waals surface area (Å²) in [6, 6.07) is -0.0450. The first kappa shape index (κ1) is 15.4. The number of carbonyl (C=O) groups is 1. The molecule has 106 valence electrons. The molecule has 0 aromatic rings. The third-order valence-corrected chi connectivity index (χ3v) is 5.64. The highest BCUT2D eigenvalue weighted by Crippen LogP contribution is 2.23. The molecule has 2 N–H and O–H groups in total. The summed E-state index contributed by atoms with van der Waals surface area (Å²) in [6.45, 7) is 4.08. The topological polar surface area (TPSA) is 89.7 Å². The van der Waals surface area contributed by atoms with Crippen LogP contribution in [0.25, 0.3) is 0 Å². The number of methoxy groups -OCH3 is 1. The molecule has 0 aromatic heterocycles. The van der Waals surface area contributed by atoms with Crippen LogP contribution in [-0.4, -0.2) is 50.2 Å². The maximum absolute atomic E-state index is 12.2. The molecule has 0 bridgehead atoms. The Morgan fingerprint density at radius 2 is 2.06 bits per heavy atom. The Hall–Kier alpha value is -0.660. The molecule has 1 aliphatic heterocycles. The molecule has 18 heavy (non-hydrogen) atoms. The number of sulfonamides is 1. The highest BCUT2D eigenvalue weighted by atomic mass is 32.2. The van der Waals surface area contributed by atoms with Crippen molar-refractivity contribution < 1.29 is 17.9 Å². The normalized spacial score (nSPS) is 25.4. The van der Waals surface area contributed by atoms with E-state index in [9.17, 15) is 13.2 Å². The molecule has 0 amide bonds. The van der Waals surface area contributed by atoms with E-state index in [1.807, 2.05) is 6.92 Å². The van der Waals surface area contributed by atoms with Crippen molar-refractivity contribution in [3.8, 4) is 0 Å². The Balaban J connectivity index is 2.82. The van der Waals surface area contributed by atoms with E-state index in [4.69, 9.17) is 5.73 Å². The molecule has 3 atom stereocenters. The average molecular weight is 278 g/mol. The predicted molar refractivity (Wildman–Crippen MR) is 68.3 cm³/mol. The first-order valence-corrected chi connectivity index (χ1v) is 7.63. The molecule has 3 unspecified atom stereocenters. The van der Waals surface area contributed by atoms with Crippen LogP contribution in [-0.2, 0) is 19.6 Å². The molecule has 0 radical (unpaired) electrons. The van der Waals surface area contributed by atoms with Gasteiger partial charge >= 0.3 is 5.97 Å². The summed E-state index contributed by atoms with van der Waals surface area (Å²) >= 11 is 0. The van der Waals surface area contributed by atoms with Gasteiger partial charge in [0.15, 0.2) is 5.25 Å². The zero-order chi connectivity index (χ0) is 13.9. The van der Waals surface area contributed by atoms with Gasteiger partial charge in [0, 0.05) is 19.1 Å². The van der Waals surface area contributed by atoms with Crippen molar-refractivity contribution in [2.24, 2.45) is 11.7 Å². The van der Waals surface area contributed by atoms with Gasteiger partial charge in [-0.2, -0.15) is 0 Å². The summed E-state index contributed by atoms with van der Waals surface area (Å²) in [5, 5.41) is -1.16. The molecule has 0 spiro atoms.